The third kappa shape index (κ3) is 3.32. The number of rotatable bonds is 2. The van der Waals surface area contributed by atoms with E-state index in [1.165, 1.54) is 0 Å². The average molecular weight is 296 g/mol. The Bertz CT molecular complexity index is 342. The molecule has 0 aromatic heterocycles. The molecule has 0 radical (unpaired) electrons. The third-order valence-electron chi connectivity index (χ3n) is 7.16. The molecular weight excluding hydrogens is 260 g/mol. The summed E-state index contributed by atoms with van der Waals surface area (Å²) in [4.78, 5) is 0. The second-order valence-corrected chi connectivity index (χ2v) is 8.12. The van der Waals surface area contributed by atoms with Crippen LogP contribution in [0.4, 0.5) is 0 Å². The van der Waals surface area contributed by atoms with Crippen molar-refractivity contribution >= 4 is 0 Å². The number of hydrogen-bond donors (Lipinski definition) is 0. The predicted octanol–water partition coefficient (Wildman–Crippen LogP) is 4.77. The maximum absolute atomic E-state index is 6.39. The Balaban J connectivity index is 2.06. The Morgan fingerprint density at radius 2 is 1.05 bits per heavy atom. The van der Waals surface area contributed by atoms with Gasteiger partial charge in [0.05, 0.1) is 24.4 Å². The molecule has 0 N–H and O–H groups in total. The molecular formula is C19H36O2. The molecule has 0 aromatic carbocycles. The lowest BCUT2D eigenvalue weighted by Crippen LogP contribution is -2.49. The van der Waals surface area contributed by atoms with Crippen LogP contribution in [-0.2, 0) is 9.47 Å². The smallest absolute Gasteiger partial charge is 0.0610 e. The van der Waals surface area contributed by atoms with Crippen LogP contribution in [-0.4, -0.2) is 24.4 Å². The lowest BCUT2D eigenvalue weighted by molar-refractivity contribution is -0.166. The van der Waals surface area contributed by atoms with Gasteiger partial charge in [0.15, 0.2) is 0 Å². The van der Waals surface area contributed by atoms with E-state index in [1.54, 1.807) is 0 Å². The SMILES string of the molecule is CC1OC(CC2C(C)OC(C)C(C)C2C)C(C)C(C)C1C. The van der Waals surface area contributed by atoms with Gasteiger partial charge >= 0.3 is 0 Å². The van der Waals surface area contributed by atoms with Crippen LogP contribution in [0.1, 0.15) is 61.8 Å². The predicted molar refractivity (Wildman–Crippen MR) is 88.3 cm³/mol. The Morgan fingerprint density at radius 1 is 0.524 bits per heavy atom. The van der Waals surface area contributed by atoms with Gasteiger partial charge in [0.2, 0.25) is 0 Å². The first-order valence-corrected chi connectivity index (χ1v) is 9.04. The molecule has 2 aliphatic rings. The Kier molecular flexibility index (Phi) is 5.41. The van der Waals surface area contributed by atoms with Crippen molar-refractivity contribution in [2.24, 2.45) is 35.5 Å². The molecule has 2 nitrogen and oxygen atoms in total. The van der Waals surface area contributed by atoms with Crippen LogP contribution in [0.2, 0.25) is 0 Å². The summed E-state index contributed by atoms with van der Waals surface area (Å²) < 4.78 is 12.6. The highest BCUT2D eigenvalue weighted by Gasteiger charge is 2.43. The summed E-state index contributed by atoms with van der Waals surface area (Å²) in [5.41, 5.74) is 0. The molecule has 2 fully saturated rings. The molecule has 2 aliphatic heterocycles. The van der Waals surface area contributed by atoms with E-state index >= 15 is 0 Å². The molecule has 0 spiro atoms. The fourth-order valence-corrected chi connectivity index (χ4v) is 4.52. The Hall–Kier alpha value is -0.0800. The van der Waals surface area contributed by atoms with Crippen LogP contribution in [0.5, 0.6) is 0 Å². The van der Waals surface area contributed by atoms with Crippen LogP contribution >= 0.6 is 0 Å². The van der Waals surface area contributed by atoms with Crippen molar-refractivity contribution in [3.8, 4) is 0 Å². The highest BCUT2D eigenvalue weighted by atomic mass is 16.5. The van der Waals surface area contributed by atoms with E-state index in [2.05, 4.69) is 55.4 Å². The standard InChI is InChI=1S/C19H36O2/c1-10-11(2)16(7)21-19(14(10)5)9-18-13(4)12(3)15(6)20-17(18)8/h10-19H,9H2,1-8H3. The van der Waals surface area contributed by atoms with Gasteiger partial charge in [-0.3, -0.25) is 0 Å². The highest BCUT2D eigenvalue weighted by molar-refractivity contribution is 4.90. The van der Waals surface area contributed by atoms with Crippen molar-refractivity contribution in [1.29, 1.82) is 0 Å². The molecule has 0 amide bonds. The van der Waals surface area contributed by atoms with Gasteiger partial charge in [-0.15, -0.1) is 0 Å². The number of ether oxygens (including phenoxy) is 2. The van der Waals surface area contributed by atoms with Gasteiger partial charge in [0.25, 0.3) is 0 Å². The molecule has 21 heavy (non-hydrogen) atoms. The summed E-state index contributed by atoms with van der Waals surface area (Å²) in [5, 5.41) is 0. The normalized spacial score (nSPS) is 55.4. The first-order chi connectivity index (χ1) is 9.73. The minimum Gasteiger partial charge on any atom is -0.375 e. The molecule has 0 bridgehead atoms. The van der Waals surface area contributed by atoms with E-state index < -0.39 is 0 Å². The second-order valence-electron chi connectivity index (χ2n) is 8.12. The van der Waals surface area contributed by atoms with Crippen molar-refractivity contribution in [3.05, 3.63) is 0 Å². The van der Waals surface area contributed by atoms with Crippen LogP contribution < -0.4 is 0 Å². The van der Waals surface area contributed by atoms with Gasteiger partial charge in [0, 0.05) is 0 Å². The fourth-order valence-electron chi connectivity index (χ4n) is 4.52. The minimum atomic E-state index is 0.354. The van der Waals surface area contributed by atoms with Crippen molar-refractivity contribution in [1.82, 2.24) is 0 Å². The van der Waals surface area contributed by atoms with Crippen LogP contribution in [0.25, 0.3) is 0 Å². The third-order valence-corrected chi connectivity index (χ3v) is 7.16. The van der Waals surface area contributed by atoms with Crippen LogP contribution in [0, 0.1) is 35.5 Å². The van der Waals surface area contributed by atoms with E-state index in [9.17, 15) is 0 Å². The molecule has 2 heteroatoms. The first-order valence-electron chi connectivity index (χ1n) is 9.04. The van der Waals surface area contributed by atoms with E-state index in [0.717, 1.165) is 12.3 Å². The van der Waals surface area contributed by atoms with Gasteiger partial charge in [-0.05, 0) is 62.7 Å². The molecule has 10 unspecified atom stereocenters. The Labute approximate surface area is 132 Å². The van der Waals surface area contributed by atoms with Gasteiger partial charge in [-0.2, -0.15) is 0 Å². The first kappa shape index (κ1) is 17.3. The van der Waals surface area contributed by atoms with Crippen molar-refractivity contribution in [3.63, 3.8) is 0 Å². The average Bonchev–Trinajstić information content (AvgIpc) is 2.44. The van der Waals surface area contributed by atoms with Crippen LogP contribution in [0.3, 0.4) is 0 Å². The summed E-state index contributed by atoms with van der Waals surface area (Å²) in [6.07, 6.45) is 2.67. The van der Waals surface area contributed by atoms with E-state index in [-0.39, 0.29) is 0 Å². The zero-order chi connectivity index (χ0) is 15.9. The summed E-state index contributed by atoms with van der Waals surface area (Å²) >= 11 is 0. The monoisotopic (exact) mass is 296 g/mol. The van der Waals surface area contributed by atoms with Crippen LogP contribution in [0.15, 0.2) is 0 Å². The van der Waals surface area contributed by atoms with E-state index in [4.69, 9.17) is 9.47 Å². The second kappa shape index (κ2) is 6.58. The lowest BCUT2D eigenvalue weighted by Gasteiger charge is -2.48. The van der Waals surface area contributed by atoms with E-state index in [0.29, 0.717) is 54.0 Å². The minimum absolute atomic E-state index is 0.354. The quantitative estimate of drug-likeness (QED) is 0.731. The lowest BCUT2D eigenvalue weighted by atomic mass is 9.70. The summed E-state index contributed by atoms with van der Waals surface area (Å²) in [7, 11) is 0. The van der Waals surface area contributed by atoms with Gasteiger partial charge in [-0.25, -0.2) is 0 Å². The molecule has 2 rings (SSSR count). The maximum atomic E-state index is 6.39. The van der Waals surface area contributed by atoms with Gasteiger partial charge < -0.3 is 9.47 Å². The number of hydrogen-bond acceptors (Lipinski definition) is 2. The van der Waals surface area contributed by atoms with Gasteiger partial charge in [-0.1, -0.05) is 34.6 Å². The molecule has 2 heterocycles. The largest absolute Gasteiger partial charge is 0.375 e. The van der Waals surface area contributed by atoms with E-state index in [1.807, 2.05) is 0 Å². The van der Waals surface area contributed by atoms with Crippen molar-refractivity contribution < 1.29 is 9.47 Å². The Morgan fingerprint density at radius 3 is 1.67 bits per heavy atom. The molecule has 0 saturated carbocycles. The maximum Gasteiger partial charge on any atom is 0.0610 e. The summed E-state index contributed by atoms with van der Waals surface area (Å²) in [6.45, 7) is 18.6. The zero-order valence-electron chi connectivity index (χ0n) is 15.3. The molecule has 0 aliphatic carbocycles. The van der Waals surface area contributed by atoms with Crippen molar-refractivity contribution in [2.45, 2.75) is 86.2 Å². The topological polar surface area (TPSA) is 18.5 Å². The van der Waals surface area contributed by atoms with Crippen molar-refractivity contribution in [2.75, 3.05) is 0 Å². The molecule has 2 saturated heterocycles. The zero-order valence-corrected chi connectivity index (χ0v) is 15.3. The highest BCUT2D eigenvalue weighted by Crippen LogP contribution is 2.42. The molecule has 0 aromatic rings. The fraction of sp³-hybridized carbons (Fsp3) is 1.00. The molecule has 10 atom stereocenters. The summed E-state index contributed by atoms with van der Waals surface area (Å²) in [5.74, 6) is 4.02. The summed E-state index contributed by atoms with van der Waals surface area (Å²) in [6, 6.07) is 0. The molecule has 124 valence electrons. The van der Waals surface area contributed by atoms with Gasteiger partial charge in [0.1, 0.15) is 0 Å².